The Morgan fingerprint density at radius 3 is 2.55 bits per heavy atom. The highest BCUT2D eigenvalue weighted by Crippen LogP contribution is 2.35. The van der Waals surface area contributed by atoms with Crippen molar-refractivity contribution >= 4 is 19.6 Å². The number of phosphoric acid groups is 1. The summed E-state index contributed by atoms with van der Waals surface area (Å²) < 4.78 is 22.3. The number of hydrogen-bond donors (Lipinski definition) is 4. The van der Waals surface area contributed by atoms with Gasteiger partial charge in [-0.3, -0.25) is 5.73 Å². The third-order valence-electron chi connectivity index (χ3n) is 4.73. The summed E-state index contributed by atoms with van der Waals surface area (Å²) in [5, 5.41) is 7.28. The van der Waals surface area contributed by atoms with Crippen molar-refractivity contribution < 1.29 is 28.0 Å². The molecule has 0 aliphatic heterocycles. The van der Waals surface area contributed by atoms with E-state index in [1.165, 1.54) is 4.57 Å². The zero-order chi connectivity index (χ0) is 23.3. The first kappa shape index (κ1) is 22.6. The SMILES string of the molecule is Nc1c(-c2cc(Cc3ccc(CNc4ncccn4)cc3)no2)ccc[n+]1COP(=O)(O)O. The largest absolute Gasteiger partial charge is 0.472 e. The minimum atomic E-state index is -4.62. The van der Waals surface area contributed by atoms with Crippen molar-refractivity contribution in [1.29, 1.82) is 0 Å². The number of nitrogens with zero attached hydrogens (tertiary/aromatic N) is 4. The van der Waals surface area contributed by atoms with Gasteiger partial charge in [0.2, 0.25) is 12.7 Å². The molecule has 0 saturated carbocycles. The molecule has 0 aliphatic rings. The molecule has 1 aromatic carbocycles. The topological polar surface area (TPSA) is 160 Å². The van der Waals surface area contributed by atoms with Crippen LogP contribution in [-0.2, 0) is 28.8 Å². The van der Waals surface area contributed by atoms with E-state index < -0.39 is 14.6 Å². The fourth-order valence-corrected chi connectivity index (χ4v) is 3.37. The van der Waals surface area contributed by atoms with Crippen LogP contribution in [0.1, 0.15) is 16.8 Å². The van der Waals surface area contributed by atoms with Gasteiger partial charge in [-0.25, -0.2) is 23.6 Å². The van der Waals surface area contributed by atoms with Gasteiger partial charge < -0.3 is 19.6 Å². The molecular weight excluding hydrogens is 447 g/mol. The van der Waals surface area contributed by atoms with Crippen molar-refractivity contribution in [3.63, 3.8) is 0 Å². The second kappa shape index (κ2) is 9.88. The highest BCUT2D eigenvalue weighted by Gasteiger charge is 2.20. The number of hydrogen-bond acceptors (Lipinski definition) is 8. The average molecular weight is 469 g/mol. The van der Waals surface area contributed by atoms with E-state index in [2.05, 4.69) is 25.0 Å². The molecule has 0 unspecified atom stereocenters. The van der Waals surface area contributed by atoms with E-state index in [0.717, 1.165) is 16.8 Å². The molecule has 33 heavy (non-hydrogen) atoms. The fraction of sp³-hybridized carbons (Fsp3) is 0.143. The van der Waals surface area contributed by atoms with Gasteiger partial charge in [0.15, 0.2) is 5.76 Å². The second-order valence-electron chi connectivity index (χ2n) is 7.13. The zero-order valence-corrected chi connectivity index (χ0v) is 18.3. The van der Waals surface area contributed by atoms with Crippen LogP contribution in [0.15, 0.2) is 71.6 Å². The molecule has 0 aliphatic carbocycles. The lowest BCUT2D eigenvalue weighted by atomic mass is 10.1. The van der Waals surface area contributed by atoms with Gasteiger partial charge in [0, 0.05) is 31.4 Å². The van der Waals surface area contributed by atoms with Crippen LogP contribution >= 0.6 is 7.82 Å². The van der Waals surface area contributed by atoms with Crippen LogP contribution in [0.5, 0.6) is 0 Å². The number of rotatable bonds is 9. The molecule has 0 spiro atoms. The van der Waals surface area contributed by atoms with Crippen molar-refractivity contribution in [3.8, 4) is 11.3 Å². The molecule has 0 saturated heterocycles. The number of pyridine rings is 1. The van der Waals surface area contributed by atoms with E-state index in [1.807, 2.05) is 24.3 Å². The number of nitrogens with one attached hydrogen (secondary N) is 1. The van der Waals surface area contributed by atoms with E-state index in [1.54, 1.807) is 42.9 Å². The van der Waals surface area contributed by atoms with E-state index in [-0.39, 0.29) is 5.82 Å². The maximum Gasteiger partial charge on any atom is 0.472 e. The van der Waals surface area contributed by atoms with E-state index >= 15 is 0 Å². The molecular formula is C21H22N6O5P+. The maximum atomic E-state index is 11.0. The Balaban J connectivity index is 1.40. The Morgan fingerprint density at radius 2 is 1.82 bits per heavy atom. The van der Waals surface area contributed by atoms with Gasteiger partial charge in [0.25, 0.3) is 5.82 Å². The van der Waals surface area contributed by atoms with Gasteiger partial charge in [-0.05, 0) is 29.3 Å². The Bertz CT molecular complexity index is 1260. The van der Waals surface area contributed by atoms with E-state index in [4.69, 9.17) is 20.0 Å². The first-order chi connectivity index (χ1) is 15.9. The summed E-state index contributed by atoms with van der Waals surface area (Å²) in [6, 6.07) is 15.0. The van der Waals surface area contributed by atoms with Crippen molar-refractivity contribution in [1.82, 2.24) is 15.1 Å². The smallest absolute Gasteiger partial charge is 0.356 e. The number of anilines is 2. The normalized spacial score (nSPS) is 11.5. The van der Waals surface area contributed by atoms with Crippen molar-refractivity contribution in [3.05, 3.63) is 83.9 Å². The van der Waals surface area contributed by atoms with Gasteiger partial charge in [-0.2, -0.15) is 0 Å². The predicted molar refractivity (Wildman–Crippen MR) is 118 cm³/mol. The second-order valence-corrected chi connectivity index (χ2v) is 8.37. The summed E-state index contributed by atoms with van der Waals surface area (Å²) in [4.78, 5) is 26.1. The van der Waals surface area contributed by atoms with Crippen LogP contribution in [0.25, 0.3) is 11.3 Å². The lowest BCUT2D eigenvalue weighted by molar-refractivity contribution is -0.711. The van der Waals surface area contributed by atoms with Crippen molar-refractivity contribution in [2.75, 3.05) is 11.1 Å². The molecule has 0 bridgehead atoms. The lowest BCUT2D eigenvalue weighted by Gasteiger charge is -2.07. The quantitative estimate of drug-likeness (QED) is 0.211. The Labute approximate surface area is 189 Å². The number of nitrogen functional groups attached to an aromatic ring is 1. The maximum absolute atomic E-state index is 11.0. The van der Waals surface area contributed by atoms with E-state index in [0.29, 0.717) is 30.2 Å². The molecule has 0 amide bonds. The third kappa shape index (κ3) is 6.21. The van der Waals surface area contributed by atoms with Crippen LogP contribution in [0, 0.1) is 0 Å². The Hall–Kier alpha value is -3.63. The number of benzene rings is 1. The fourth-order valence-electron chi connectivity index (χ4n) is 3.10. The van der Waals surface area contributed by atoms with Gasteiger partial charge >= 0.3 is 7.82 Å². The summed E-state index contributed by atoms with van der Waals surface area (Å²) in [5.41, 5.74) is 9.52. The lowest BCUT2D eigenvalue weighted by Crippen LogP contribution is -2.38. The predicted octanol–water partition coefficient (Wildman–Crippen LogP) is 2.27. The van der Waals surface area contributed by atoms with Gasteiger partial charge in [0.05, 0.1) is 11.9 Å². The molecule has 12 heteroatoms. The van der Waals surface area contributed by atoms with Gasteiger partial charge in [0.1, 0.15) is 5.56 Å². The summed E-state index contributed by atoms with van der Waals surface area (Å²) in [6.07, 6.45) is 5.48. The molecule has 0 fully saturated rings. The minimum Gasteiger partial charge on any atom is -0.356 e. The first-order valence-electron chi connectivity index (χ1n) is 9.90. The molecule has 11 nitrogen and oxygen atoms in total. The molecule has 4 rings (SSSR count). The molecule has 5 N–H and O–H groups in total. The average Bonchev–Trinajstić information content (AvgIpc) is 3.26. The zero-order valence-electron chi connectivity index (χ0n) is 17.4. The minimum absolute atomic E-state index is 0.230. The molecule has 0 atom stereocenters. The van der Waals surface area contributed by atoms with Gasteiger partial charge in [-0.1, -0.05) is 29.4 Å². The van der Waals surface area contributed by atoms with Crippen LogP contribution in [0.4, 0.5) is 11.8 Å². The van der Waals surface area contributed by atoms with Crippen LogP contribution in [0.3, 0.4) is 0 Å². The van der Waals surface area contributed by atoms with Crippen LogP contribution in [-0.4, -0.2) is 24.9 Å². The standard InChI is InChI=1S/C21H21N6O5P/c22-20-18(3-1-10-27(20)14-31-33(28,29)30)19-12-17(26-32-19)11-15-4-6-16(7-5-15)13-25-21-23-8-2-9-24-21/h1-10,12,22H,11,13-14H2,(H3,23,24,25,28,29,30)/p+1. The van der Waals surface area contributed by atoms with Crippen LogP contribution in [0.2, 0.25) is 0 Å². The summed E-state index contributed by atoms with van der Waals surface area (Å²) in [5.74, 6) is 1.25. The molecule has 0 radical (unpaired) electrons. The number of nitrogens with two attached hydrogens (primary N) is 1. The number of aromatic nitrogens is 4. The summed E-state index contributed by atoms with van der Waals surface area (Å²) in [7, 11) is -4.62. The van der Waals surface area contributed by atoms with Crippen molar-refractivity contribution in [2.24, 2.45) is 0 Å². The highest BCUT2D eigenvalue weighted by molar-refractivity contribution is 7.46. The summed E-state index contributed by atoms with van der Waals surface area (Å²) in [6.45, 7) is 0.208. The molecule has 3 aromatic heterocycles. The monoisotopic (exact) mass is 469 g/mol. The third-order valence-corrected chi connectivity index (χ3v) is 5.18. The van der Waals surface area contributed by atoms with Crippen LogP contribution < -0.4 is 15.6 Å². The highest BCUT2D eigenvalue weighted by atomic mass is 31.2. The number of phosphoric ester groups is 1. The van der Waals surface area contributed by atoms with Gasteiger partial charge in [-0.15, -0.1) is 0 Å². The van der Waals surface area contributed by atoms with E-state index in [9.17, 15) is 4.57 Å². The first-order valence-corrected chi connectivity index (χ1v) is 11.4. The Kier molecular flexibility index (Phi) is 6.76. The van der Waals surface area contributed by atoms with Crippen molar-refractivity contribution in [2.45, 2.75) is 19.7 Å². The Morgan fingerprint density at radius 1 is 1.09 bits per heavy atom. The summed E-state index contributed by atoms with van der Waals surface area (Å²) >= 11 is 0. The molecule has 3 heterocycles. The molecule has 170 valence electrons. The molecule has 4 aromatic rings.